The Bertz CT molecular complexity index is 1020. The van der Waals surface area contributed by atoms with Gasteiger partial charge in [0.15, 0.2) is 11.5 Å². The molecule has 0 aliphatic heterocycles. The fraction of sp³-hybridized carbons (Fsp3) is 0.143. The highest BCUT2D eigenvalue weighted by atomic mass is 35.5. The first-order valence-corrected chi connectivity index (χ1v) is 9.75. The van der Waals surface area contributed by atoms with Crippen LogP contribution in [0, 0.1) is 0 Å². The van der Waals surface area contributed by atoms with Crippen molar-refractivity contribution in [2.45, 2.75) is 9.92 Å². The lowest BCUT2D eigenvalue weighted by Gasteiger charge is -2.15. The fourth-order valence-electron chi connectivity index (χ4n) is 2.66. The first-order chi connectivity index (χ1) is 14.1. The largest absolute Gasteiger partial charge is 0.493 e. The van der Waals surface area contributed by atoms with E-state index >= 15 is 0 Å². The van der Waals surface area contributed by atoms with Crippen LogP contribution in [0.4, 0.5) is 5.69 Å². The molecule has 0 radical (unpaired) electrons. The highest BCUT2D eigenvalue weighted by Gasteiger charge is 2.21. The summed E-state index contributed by atoms with van der Waals surface area (Å²) in [5.74, 6) is 0.754. The molecular formula is C21H19ClN2O4S. The molecule has 0 aliphatic rings. The molecule has 6 nitrogen and oxygen atoms in total. The molecule has 0 bridgehead atoms. The lowest BCUT2D eigenvalue weighted by atomic mass is 10.1. The van der Waals surface area contributed by atoms with Crippen LogP contribution in [0.2, 0.25) is 5.02 Å². The number of halogens is 1. The lowest BCUT2D eigenvalue weighted by molar-refractivity contribution is 0.102. The number of nitrogens with zero attached hydrogens (tertiary/aromatic N) is 1. The smallest absolute Gasteiger partial charge is 0.259 e. The number of ether oxygens (including phenoxy) is 3. The zero-order valence-corrected chi connectivity index (χ0v) is 17.6. The van der Waals surface area contributed by atoms with Crippen LogP contribution in [0.1, 0.15) is 10.4 Å². The van der Waals surface area contributed by atoms with Gasteiger partial charge >= 0.3 is 0 Å². The van der Waals surface area contributed by atoms with E-state index in [1.807, 2.05) is 24.3 Å². The Morgan fingerprint density at radius 1 is 1.00 bits per heavy atom. The molecule has 2 aromatic carbocycles. The SMILES string of the molecule is COc1ccc(C(=O)Nc2ccc(Sc3ccccn3)c(Cl)c2)c(OC)c1OC. The third-order valence-electron chi connectivity index (χ3n) is 3.99. The summed E-state index contributed by atoms with van der Waals surface area (Å²) in [7, 11) is 4.47. The van der Waals surface area contributed by atoms with Crippen molar-refractivity contribution < 1.29 is 19.0 Å². The Morgan fingerprint density at radius 3 is 2.41 bits per heavy atom. The third kappa shape index (κ3) is 4.75. The van der Waals surface area contributed by atoms with Gasteiger partial charge in [0.25, 0.3) is 5.91 Å². The minimum absolute atomic E-state index is 0.290. The Hall–Kier alpha value is -2.90. The molecule has 0 saturated heterocycles. The molecule has 3 aromatic rings. The Labute approximate surface area is 178 Å². The van der Waals surface area contributed by atoms with Gasteiger partial charge in [-0.05, 0) is 42.5 Å². The van der Waals surface area contributed by atoms with E-state index in [2.05, 4.69) is 10.3 Å². The molecule has 0 aliphatic carbocycles. The van der Waals surface area contributed by atoms with Crippen molar-refractivity contribution >= 4 is 35.0 Å². The molecule has 0 saturated carbocycles. The van der Waals surface area contributed by atoms with Crippen molar-refractivity contribution in [2.75, 3.05) is 26.6 Å². The molecule has 0 spiro atoms. The molecule has 1 heterocycles. The van der Waals surface area contributed by atoms with Crippen LogP contribution in [-0.4, -0.2) is 32.2 Å². The number of nitrogens with one attached hydrogen (secondary N) is 1. The van der Waals surface area contributed by atoms with Gasteiger partial charge in [-0.3, -0.25) is 4.79 Å². The van der Waals surface area contributed by atoms with Crippen LogP contribution >= 0.6 is 23.4 Å². The van der Waals surface area contributed by atoms with Gasteiger partial charge in [-0.2, -0.15) is 0 Å². The van der Waals surface area contributed by atoms with Crippen LogP contribution in [-0.2, 0) is 0 Å². The molecule has 1 aromatic heterocycles. The van der Waals surface area contributed by atoms with Gasteiger partial charge in [0, 0.05) is 16.8 Å². The molecule has 1 amide bonds. The monoisotopic (exact) mass is 430 g/mol. The zero-order chi connectivity index (χ0) is 20.8. The zero-order valence-electron chi connectivity index (χ0n) is 16.1. The predicted octanol–water partition coefficient (Wildman–Crippen LogP) is 5.16. The maximum absolute atomic E-state index is 12.8. The molecular weight excluding hydrogens is 412 g/mol. The number of pyridine rings is 1. The average molecular weight is 431 g/mol. The summed E-state index contributed by atoms with van der Waals surface area (Å²) in [4.78, 5) is 17.9. The summed E-state index contributed by atoms with van der Waals surface area (Å²) in [5.41, 5.74) is 0.871. The number of amides is 1. The fourth-order valence-corrected chi connectivity index (χ4v) is 3.73. The van der Waals surface area contributed by atoms with Crippen molar-refractivity contribution in [3.63, 3.8) is 0 Å². The van der Waals surface area contributed by atoms with E-state index in [-0.39, 0.29) is 11.7 Å². The maximum Gasteiger partial charge on any atom is 0.259 e. The molecule has 0 atom stereocenters. The van der Waals surface area contributed by atoms with Crippen molar-refractivity contribution in [3.05, 3.63) is 65.3 Å². The van der Waals surface area contributed by atoms with Gasteiger partial charge < -0.3 is 19.5 Å². The minimum atomic E-state index is -0.357. The lowest BCUT2D eigenvalue weighted by Crippen LogP contribution is -2.14. The number of hydrogen-bond acceptors (Lipinski definition) is 6. The van der Waals surface area contributed by atoms with E-state index in [1.54, 1.807) is 30.5 Å². The van der Waals surface area contributed by atoms with E-state index in [0.29, 0.717) is 27.8 Å². The van der Waals surface area contributed by atoms with Crippen LogP contribution in [0.15, 0.2) is 64.6 Å². The summed E-state index contributed by atoms with van der Waals surface area (Å²) in [5, 5.41) is 4.18. The van der Waals surface area contributed by atoms with Gasteiger partial charge in [0.05, 0.1) is 31.9 Å². The van der Waals surface area contributed by atoms with Crippen molar-refractivity contribution in [2.24, 2.45) is 0 Å². The molecule has 1 N–H and O–H groups in total. The van der Waals surface area contributed by atoms with E-state index in [1.165, 1.54) is 33.1 Å². The number of rotatable bonds is 7. The predicted molar refractivity (Wildman–Crippen MR) is 114 cm³/mol. The number of anilines is 1. The van der Waals surface area contributed by atoms with E-state index in [9.17, 15) is 4.79 Å². The number of aromatic nitrogens is 1. The van der Waals surface area contributed by atoms with E-state index < -0.39 is 0 Å². The average Bonchev–Trinajstić information content (AvgIpc) is 2.75. The van der Waals surface area contributed by atoms with Gasteiger partial charge in [-0.1, -0.05) is 29.4 Å². The molecule has 29 heavy (non-hydrogen) atoms. The second-order valence-corrected chi connectivity index (χ2v) is 7.22. The third-order valence-corrected chi connectivity index (χ3v) is 5.44. The summed E-state index contributed by atoms with van der Waals surface area (Å²) in [6.07, 6.45) is 1.72. The van der Waals surface area contributed by atoms with Crippen LogP contribution in [0.5, 0.6) is 17.2 Å². The molecule has 8 heteroatoms. The molecule has 3 rings (SSSR count). The number of methoxy groups -OCH3 is 3. The van der Waals surface area contributed by atoms with Crippen LogP contribution < -0.4 is 19.5 Å². The highest BCUT2D eigenvalue weighted by Crippen LogP contribution is 2.40. The summed E-state index contributed by atoms with van der Waals surface area (Å²) in [6, 6.07) is 14.2. The Morgan fingerprint density at radius 2 is 1.79 bits per heavy atom. The van der Waals surface area contributed by atoms with Gasteiger partial charge in [0.1, 0.15) is 5.03 Å². The van der Waals surface area contributed by atoms with E-state index in [4.69, 9.17) is 25.8 Å². The first kappa shape index (κ1) is 20.8. The van der Waals surface area contributed by atoms with Crippen LogP contribution in [0.3, 0.4) is 0 Å². The van der Waals surface area contributed by atoms with E-state index in [0.717, 1.165) is 9.92 Å². The molecule has 0 fully saturated rings. The molecule has 150 valence electrons. The second kappa shape index (κ2) is 9.54. The van der Waals surface area contributed by atoms with Crippen molar-refractivity contribution in [3.8, 4) is 17.2 Å². The number of carbonyl (C=O) groups is 1. The second-order valence-electron chi connectivity index (χ2n) is 5.75. The first-order valence-electron chi connectivity index (χ1n) is 8.56. The standard InChI is InChI=1S/C21H19ClN2O4S/c1-26-16-9-8-14(19(27-2)20(16)28-3)21(25)24-13-7-10-17(15(22)12-13)29-18-6-4-5-11-23-18/h4-12H,1-3H3,(H,24,25). The maximum atomic E-state index is 12.8. The summed E-state index contributed by atoms with van der Waals surface area (Å²) in [6.45, 7) is 0. The topological polar surface area (TPSA) is 69.7 Å². The quantitative estimate of drug-likeness (QED) is 0.558. The minimum Gasteiger partial charge on any atom is -0.493 e. The van der Waals surface area contributed by atoms with Crippen molar-refractivity contribution in [1.82, 2.24) is 4.98 Å². The normalized spacial score (nSPS) is 10.3. The Balaban J connectivity index is 1.81. The number of carbonyl (C=O) groups excluding carboxylic acids is 1. The van der Waals surface area contributed by atoms with Crippen LogP contribution in [0.25, 0.3) is 0 Å². The van der Waals surface area contributed by atoms with Gasteiger partial charge in [0.2, 0.25) is 5.75 Å². The highest BCUT2D eigenvalue weighted by molar-refractivity contribution is 7.99. The Kier molecular flexibility index (Phi) is 6.85. The van der Waals surface area contributed by atoms with Crippen molar-refractivity contribution in [1.29, 1.82) is 0 Å². The molecule has 0 unspecified atom stereocenters. The van der Waals surface area contributed by atoms with Gasteiger partial charge in [-0.25, -0.2) is 4.98 Å². The number of hydrogen-bond donors (Lipinski definition) is 1. The van der Waals surface area contributed by atoms with Gasteiger partial charge in [-0.15, -0.1) is 0 Å². The number of benzene rings is 2. The summed E-state index contributed by atoms with van der Waals surface area (Å²) < 4.78 is 16.0. The summed E-state index contributed by atoms with van der Waals surface area (Å²) >= 11 is 7.84.